The van der Waals surface area contributed by atoms with Gasteiger partial charge in [-0.2, -0.15) is 0 Å². The van der Waals surface area contributed by atoms with Gasteiger partial charge in [0, 0.05) is 24.5 Å². The first-order valence-electron chi connectivity index (χ1n) is 15.3. The molecule has 1 aliphatic carbocycles. The fraction of sp³-hybridized carbons (Fsp3) is 0.545. The monoisotopic (exact) mass is 596 g/mol. The number of hydrogen-bond donors (Lipinski definition) is 4. The van der Waals surface area contributed by atoms with E-state index >= 15 is 0 Å². The fourth-order valence-electron chi connectivity index (χ4n) is 5.88. The van der Waals surface area contributed by atoms with Gasteiger partial charge in [0.05, 0.1) is 6.04 Å². The quantitative estimate of drug-likeness (QED) is 0.420. The maximum atomic E-state index is 14.0. The van der Waals surface area contributed by atoms with Gasteiger partial charge in [0.15, 0.2) is 0 Å². The van der Waals surface area contributed by atoms with Crippen molar-refractivity contribution in [1.29, 1.82) is 0 Å². The summed E-state index contributed by atoms with van der Waals surface area (Å²) in [5.74, 6) is 0.0649. The third-order valence-electron chi connectivity index (χ3n) is 8.55. The molecule has 2 aromatic rings. The first kappa shape index (κ1) is 31.8. The van der Waals surface area contributed by atoms with Crippen LogP contribution in [0, 0.1) is 5.92 Å². The molecule has 42 heavy (non-hydrogen) atoms. The highest BCUT2D eigenvalue weighted by Gasteiger charge is 2.45. The third-order valence-corrected chi connectivity index (χ3v) is 8.78. The Hall–Kier alpha value is -3.10. The molecule has 4 rings (SSSR count). The lowest BCUT2D eigenvalue weighted by Gasteiger charge is -2.34. The van der Waals surface area contributed by atoms with E-state index in [1.807, 2.05) is 50.2 Å². The van der Waals surface area contributed by atoms with Crippen LogP contribution in [-0.2, 0) is 27.2 Å². The lowest BCUT2D eigenvalue weighted by Crippen LogP contribution is -2.64. The molecule has 4 atom stereocenters. The Labute approximate surface area is 254 Å². The molecule has 0 aromatic heterocycles. The number of nitrogens with one attached hydrogen (secondary N) is 4. The molecule has 0 radical (unpaired) electrons. The highest BCUT2D eigenvalue weighted by Crippen LogP contribution is 2.31. The van der Waals surface area contributed by atoms with E-state index < -0.39 is 17.6 Å². The molecule has 1 saturated carbocycles. The summed E-state index contributed by atoms with van der Waals surface area (Å²) in [5, 5.41) is 13.2. The number of carbonyl (C=O) groups is 3. The zero-order valence-electron chi connectivity index (χ0n) is 25.0. The zero-order valence-corrected chi connectivity index (χ0v) is 25.8. The molecule has 3 amide bonds. The lowest BCUT2D eigenvalue weighted by atomic mass is 9.92. The van der Waals surface area contributed by atoms with Crippen LogP contribution >= 0.6 is 11.6 Å². The van der Waals surface area contributed by atoms with Crippen LogP contribution in [-0.4, -0.2) is 54.5 Å². The average molecular weight is 597 g/mol. The molecular formula is C33H45ClN4O4. The minimum absolute atomic E-state index is 0.0398. The van der Waals surface area contributed by atoms with E-state index in [1.165, 1.54) is 0 Å². The molecule has 3 unspecified atom stereocenters. The number of aryl methyl sites for hydroxylation is 1. The second-order valence-corrected chi connectivity index (χ2v) is 12.3. The van der Waals surface area contributed by atoms with E-state index in [4.69, 9.17) is 16.3 Å². The maximum absolute atomic E-state index is 14.0. The number of hydrogen-bond acceptors (Lipinski definition) is 5. The van der Waals surface area contributed by atoms with Crippen LogP contribution in [0.15, 0.2) is 48.5 Å². The van der Waals surface area contributed by atoms with Crippen molar-refractivity contribution in [3.8, 4) is 5.75 Å². The van der Waals surface area contributed by atoms with Crippen LogP contribution < -0.4 is 26.0 Å². The average Bonchev–Trinajstić information content (AvgIpc) is 3.44. The number of rotatable bonds is 4. The Bertz CT molecular complexity index is 1230. The molecule has 4 N–H and O–H groups in total. The highest BCUT2D eigenvalue weighted by atomic mass is 35.5. The van der Waals surface area contributed by atoms with Crippen molar-refractivity contribution in [3.63, 3.8) is 0 Å². The van der Waals surface area contributed by atoms with E-state index in [0.717, 1.165) is 42.6 Å². The van der Waals surface area contributed by atoms with Crippen LogP contribution in [0.4, 0.5) is 0 Å². The summed E-state index contributed by atoms with van der Waals surface area (Å²) in [5.41, 5.74) is 0.836. The van der Waals surface area contributed by atoms with Gasteiger partial charge in [0.2, 0.25) is 17.7 Å². The fourth-order valence-corrected chi connectivity index (χ4v) is 6.10. The summed E-state index contributed by atoms with van der Waals surface area (Å²) < 4.78 is 6.31. The SMILES string of the molecule is CCC(C)C1NC[C@H](C)Oc2ccccc2CCCNC(=O)C(Cc2cccc(Cl)c2)NC(=O)C2(CCCC2)NC1=O. The van der Waals surface area contributed by atoms with E-state index in [0.29, 0.717) is 37.4 Å². The van der Waals surface area contributed by atoms with Gasteiger partial charge in [-0.1, -0.05) is 75.0 Å². The minimum atomic E-state index is -1.07. The van der Waals surface area contributed by atoms with Crippen LogP contribution in [0.1, 0.15) is 70.4 Å². The highest BCUT2D eigenvalue weighted by molar-refractivity contribution is 6.30. The molecule has 9 heteroatoms. The Kier molecular flexibility index (Phi) is 11.3. The first-order chi connectivity index (χ1) is 20.2. The molecule has 228 valence electrons. The van der Waals surface area contributed by atoms with Gasteiger partial charge in [-0.3, -0.25) is 14.4 Å². The Morgan fingerprint density at radius 3 is 2.52 bits per heavy atom. The lowest BCUT2D eigenvalue weighted by molar-refractivity contribution is -0.137. The van der Waals surface area contributed by atoms with Gasteiger partial charge in [-0.15, -0.1) is 0 Å². The minimum Gasteiger partial charge on any atom is -0.489 e. The predicted octanol–water partition coefficient (Wildman–Crippen LogP) is 4.33. The number of para-hydroxylation sites is 1. The molecule has 1 spiro atoms. The Morgan fingerprint density at radius 2 is 1.79 bits per heavy atom. The Morgan fingerprint density at radius 1 is 1.02 bits per heavy atom. The van der Waals surface area contributed by atoms with Gasteiger partial charge in [-0.25, -0.2) is 0 Å². The van der Waals surface area contributed by atoms with Crippen molar-refractivity contribution in [1.82, 2.24) is 21.3 Å². The topological polar surface area (TPSA) is 109 Å². The number of benzene rings is 2. The molecule has 2 aromatic carbocycles. The number of fused-ring (bicyclic) bond motifs is 1. The van der Waals surface area contributed by atoms with Gasteiger partial charge in [0.1, 0.15) is 23.4 Å². The molecule has 1 aliphatic heterocycles. The molecule has 1 fully saturated rings. The van der Waals surface area contributed by atoms with Crippen molar-refractivity contribution in [2.75, 3.05) is 13.1 Å². The molecule has 1 heterocycles. The van der Waals surface area contributed by atoms with Crippen molar-refractivity contribution in [3.05, 3.63) is 64.7 Å². The van der Waals surface area contributed by atoms with E-state index in [-0.39, 0.29) is 36.2 Å². The van der Waals surface area contributed by atoms with E-state index in [1.54, 1.807) is 12.1 Å². The molecular weight excluding hydrogens is 552 g/mol. The molecule has 8 nitrogen and oxygen atoms in total. The first-order valence-corrected chi connectivity index (χ1v) is 15.7. The van der Waals surface area contributed by atoms with Gasteiger partial charge in [0.25, 0.3) is 0 Å². The van der Waals surface area contributed by atoms with Crippen molar-refractivity contribution in [2.45, 2.75) is 95.9 Å². The maximum Gasteiger partial charge on any atom is 0.246 e. The van der Waals surface area contributed by atoms with Crippen molar-refractivity contribution < 1.29 is 19.1 Å². The predicted molar refractivity (Wildman–Crippen MR) is 166 cm³/mol. The van der Waals surface area contributed by atoms with Crippen LogP contribution in [0.5, 0.6) is 5.75 Å². The van der Waals surface area contributed by atoms with E-state index in [2.05, 4.69) is 28.2 Å². The number of halogens is 1. The second kappa shape index (κ2) is 14.9. The summed E-state index contributed by atoms with van der Waals surface area (Å²) in [6.45, 7) is 7.01. The normalized spacial score (nSPS) is 24.8. The second-order valence-electron chi connectivity index (χ2n) is 11.8. The third kappa shape index (κ3) is 8.26. The summed E-state index contributed by atoms with van der Waals surface area (Å²) in [7, 11) is 0. The summed E-state index contributed by atoms with van der Waals surface area (Å²) >= 11 is 6.22. The standard InChI is InChI=1S/C33H45ClN4O4/c1-4-22(2)29-31(40)38-33(16-7-8-17-33)32(41)37-27(20-24-11-9-14-26(34)19-24)30(39)35-18-10-13-25-12-5-6-15-28(25)42-23(3)21-36-29/h5-6,9,11-12,14-15,19,22-23,27,29,36H,4,7-8,10,13,16-18,20-21H2,1-3H3,(H,35,39)(H,37,41)(H,38,40)/t22?,23-,27?,29?/m0/s1. The zero-order chi connectivity index (χ0) is 30.1. The number of ether oxygens (including phenoxy) is 1. The summed E-state index contributed by atoms with van der Waals surface area (Å²) in [6.07, 6.45) is 5.04. The van der Waals surface area contributed by atoms with Crippen LogP contribution in [0.25, 0.3) is 0 Å². The largest absolute Gasteiger partial charge is 0.489 e. The van der Waals surface area contributed by atoms with Gasteiger partial charge in [-0.05, 0) is 67.9 Å². The Balaban J connectivity index is 1.64. The van der Waals surface area contributed by atoms with Crippen LogP contribution in [0.2, 0.25) is 5.02 Å². The van der Waals surface area contributed by atoms with Crippen LogP contribution in [0.3, 0.4) is 0 Å². The van der Waals surface area contributed by atoms with Crippen molar-refractivity contribution in [2.24, 2.45) is 5.92 Å². The summed E-state index contributed by atoms with van der Waals surface area (Å²) in [4.78, 5) is 41.3. The van der Waals surface area contributed by atoms with Crippen molar-refractivity contribution >= 4 is 29.3 Å². The van der Waals surface area contributed by atoms with E-state index in [9.17, 15) is 14.4 Å². The molecule has 0 bridgehead atoms. The number of carbonyl (C=O) groups excluding carboxylic acids is 3. The number of amides is 3. The summed E-state index contributed by atoms with van der Waals surface area (Å²) in [6, 6.07) is 13.9. The van der Waals surface area contributed by atoms with Gasteiger partial charge < -0.3 is 26.0 Å². The molecule has 2 aliphatic rings. The van der Waals surface area contributed by atoms with Gasteiger partial charge >= 0.3 is 0 Å². The smallest absolute Gasteiger partial charge is 0.246 e. The molecule has 0 saturated heterocycles.